The smallest absolute Gasteiger partial charge is 0.134 e. The van der Waals surface area contributed by atoms with E-state index in [0.29, 0.717) is 0 Å². The van der Waals surface area contributed by atoms with E-state index in [0.717, 1.165) is 35.4 Å². The van der Waals surface area contributed by atoms with Gasteiger partial charge in [0.25, 0.3) is 0 Å². The van der Waals surface area contributed by atoms with Gasteiger partial charge in [-0.1, -0.05) is 44.2 Å². The third-order valence-electron chi connectivity index (χ3n) is 4.28. The van der Waals surface area contributed by atoms with Crippen LogP contribution < -0.4 is 5.73 Å². The predicted molar refractivity (Wildman–Crippen MR) is 87.5 cm³/mol. The molecule has 1 aromatic heterocycles. The first-order valence-corrected chi connectivity index (χ1v) is 7.52. The molecule has 0 unspecified atom stereocenters. The Hall–Kier alpha value is -2.13. The van der Waals surface area contributed by atoms with Crippen molar-refractivity contribution in [2.45, 2.75) is 32.2 Å². The van der Waals surface area contributed by atoms with Gasteiger partial charge in [-0.3, -0.25) is 4.57 Å². The first-order valence-electron chi connectivity index (χ1n) is 7.52. The maximum atomic E-state index is 6.64. The van der Waals surface area contributed by atoms with E-state index in [9.17, 15) is 0 Å². The van der Waals surface area contributed by atoms with E-state index >= 15 is 0 Å². The van der Waals surface area contributed by atoms with Crippen molar-refractivity contribution < 1.29 is 0 Å². The number of rotatable bonds is 4. The molecule has 3 aromatic rings. The first kappa shape index (κ1) is 13.8. The molecule has 0 spiro atoms. The summed E-state index contributed by atoms with van der Waals surface area (Å²) in [6.45, 7) is 4.25. The fourth-order valence-corrected chi connectivity index (χ4v) is 2.76. The molecular weight excluding hydrogens is 258 g/mol. The van der Waals surface area contributed by atoms with Gasteiger partial charge in [-0.05, 0) is 37.1 Å². The molecule has 3 nitrogen and oxygen atoms in total. The van der Waals surface area contributed by atoms with E-state index in [4.69, 9.17) is 10.7 Å². The van der Waals surface area contributed by atoms with Gasteiger partial charge in [0.1, 0.15) is 5.82 Å². The Morgan fingerprint density at radius 1 is 0.952 bits per heavy atom. The normalized spacial score (nSPS) is 12.0. The number of hydrogen-bond donors (Lipinski definition) is 1. The lowest BCUT2D eigenvalue weighted by molar-refractivity contribution is 0.384. The highest BCUT2D eigenvalue weighted by molar-refractivity contribution is 5.78. The molecule has 2 N–H and O–H groups in total. The van der Waals surface area contributed by atoms with Gasteiger partial charge in [-0.2, -0.15) is 0 Å². The molecule has 0 aliphatic heterocycles. The number of nitrogens with zero attached hydrogens (tertiary/aromatic N) is 2. The van der Waals surface area contributed by atoms with E-state index in [-0.39, 0.29) is 0 Å². The summed E-state index contributed by atoms with van der Waals surface area (Å²) in [7, 11) is 0. The third kappa shape index (κ3) is 2.24. The van der Waals surface area contributed by atoms with Crippen molar-refractivity contribution in [3.8, 4) is 5.69 Å². The molecule has 21 heavy (non-hydrogen) atoms. The fourth-order valence-electron chi connectivity index (χ4n) is 2.76. The topological polar surface area (TPSA) is 43.8 Å². The zero-order valence-corrected chi connectivity index (χ0v) is 12.6. The van der Waals surface area contributed by atoms with Crippen LogP contribution in [0.5, 0.6) is 0 Å². The Kier molecular flexibility index (Phi) is 3.52. The number of hydrogen-bond acceptors (Lipinski definition) is 2. The van der Waals surface area contributed by atoms with Gasteiger partial charge >= 0.3 is 0 Å². The summed E-state index contributed by atoms with van der Waals surface area (Å²) in [5.74, 6) is 0.944. The van der Waals surface area contributed by atoms with Gasteiger partial charge in [-0.15, -0.1) is 0 Å². The summed E-state index contributed by atoms with van der Waals surface area (Å²) < 4.78 is 2.20. The molecule has 0 saturated carbocycles. The van der Waals surface area contributed by atoms with Gasteiger partial charge < -0.3 is 5.73 Å². The summed E-state index contributed by atoms with van der Waals surface area (Å²) in [5, 5.41) is 0. The second-order valence-electron chi connectivity index (χ2n) is 5.46. The molecule has 3 rings (SSSR count). The molecule has 2 aromatic carbocycles. The van der Waals surface area contributed by atoms with Gasteiger partial charge in [0.15, 0.2) is 0 Å². The van der Waals surface area contributed by atoms with E-state index in [2.05, 4.69) is 36.6 Å². The number of fused-ring (bicyclic) bond motifs is 1. The molecule has 3 heteroatoms. The van der Waals surface area contributed by atoms with Crippen molar-refractivity contribution in [3.05, 3.63) is 60.4 Å². The molecule has 0 bridgehead atoms. The number of nitrogens with two attached hydrogens (primary N) is 1. The standard InChI is InChI=1S/C18H21N3/c1-3-18(19,4-2)17-20-15-12-8-9-13-16(15)21(17)14-10-6-5-7-11-14/h5-13H,3-4,19H2,1-2H3. The number of benzene rings is 2. The van der Waals surface area contributed by atoms with Crippen molar-refractivity contribution in [2.24, 2.45) is 5.73 Å². The molecule has 0 radical (unpaired) electrons. The summed E-state index contributed by atoms with van der Waals surface area (Å²) in [6.07, 6.45) is 1.72. The average Bonchev–Trinajstić information content (AvgIpc) is 2.95. The Bertz CT molecular complexity index is 740. The minimum absolute atomic E-state index is 0.408. The second kappa shape index (κ2) is 5.34. The molecule has 0 aliphatic rings. The summed E-state index contributed by atoms with van der Waals surface area (Å²) in [5.41, 5.74) is 9.44. The van der Waals surface area contributed by atoms with Crippen LogP contribution in [0.4, 0.5) is 0 Å². The van der Waals surface area contributed by atoms with Crippen LogP contribution in [0.2, 0.25) is 0 Å². The highest BCUT2D eigenvalue weighted by atomic mass is 15.1. The highest BCUT2D eigenvalue weighted by Crippen LogP contribution is 2.31. The van der Waals surface area contributed by atoms with E-state index < -0.39 is 5.54 Å². The lowest BCUT2D eigenvalue weighted by atomic mass is 9.93. The third-order valence-corrected chi connectivity index (χ3v) is 4.28. The molecule has 0 saturated heterocycles. The SMILES string of the molecule is CCC(N)(CC)c1nc2ccccc2n1-c1ccccc1. The van der Waals surface area contributed by atoms with Crippen molar-refractivity contribution >= 4 is 11.0 Å². The van der Waals surface area contributed by atoms with Crippen LogP contribution in [0.25, 0.3) is 16.7 Å². The number of para-hydroxylation sites is 3. The monoisotopic (exact) mass is 279 g/mol. The second-order valence-corrected chi connectivity index (χ2v) is 5.46. The lowest BCUT2D eigenvalue weighted by Gasteiger charge is -2.27. The molecule has 0 atom stereocenters. The van der Waals surface area contributed by atoms with Crippen LogP contribution in [-0.2, 0) is 5.54 Å². The summed E-state index contributed by atoms with van der Waals surface area (Å²) >= 11 is 0. The van der Waals surface area contributed by atoms with Crippen LogP contribution >= 0.6 is 0 Å². The van der Waals surface area contributed by atoms with Crippen LogP contribution in [0.3, 0.4) is 0 Å². The van der Waals surface area contributed by atoms with Gasteiger partial charge in [-0.25, -0.2) is 4.98 Å². The fraction of sp³-hybridized carbons (Fsp3) is 0.278. The molecule has 0 fully saturated rings. The molecule has 108 valence electrons. The summed E-state index contributed by atoms with van der Waals surface area (Å²) in [4.78, 5) is 4.84. The van der Waals surface area contributed by atoms with Gasteiger partial charge in [0, 0.05) is 5.69 Å². The number of imidazole rings is 1. The van der Waals surface area contributed by atoms with Gasteiger partial charge in [0.2, 0.25) is 0 Å². The maximum absolute atomic E-state index is 6.64. The van der Waals surface area contributed by atoms with E-state index in [1.54, 1.807) is 0 Å². The van der Waals surface area contributed by atoms with Crippen molar-refractivity contribution in [1.29, 1.82) is 0 Å². The quantitative estimate of drug-likeness (QED) is 0.784. The largest absolute Gasteiger partial charge is 0.319 e. The Labute approximate surface area is 125 Å². The van der Waals surface area contributed by atoms with Crippen LogP contribution in [0.15, 0.2) is 54.6 Å². The van der Waals surface area contributed by atoms with E-state index in [1.165, 1.54) is 0 Å². The predicted octanol–water partition coefficient (Wildman–Crippen LogP) is 4.00. The first-order chi connectivity index (χ1) is 10.2. The molecule has 1 heterocycles. The Morgan fingerprint density at radius 3 is 2.24 bits per heavy atom. The minimum atomic E-state index is -0.408. The molecule has 0 aliphatic carbocycles. The maximum Gasteiger partial charge on any atom is 0.134 e. The minimum Gasteiger partial charge on any atom is -0.319 e. The van der Waals surface area contributed by atoms with Crippen molar-refractivity contribution in [3.63, 3.8) is 0 Å². The van der Waals surface area contributed by atoms with Crippen molar-refractivity contribution in [1.82, 2.24) is 9.55 Å². The van der Waals surface area contributed by atoms with Gasteiger partial charge in [0.05, 0.1) is 16.6 Å². The van der Waals surface area contributed by atoms with Crippen LogP contribution in [-0.4, -0.2) is 9.55 Å². The Morgan fingerprint density at radius 2 is 1.57 bits per heavy atom. The van der Waals surface area contributed by atoms with Crippen molar-refractivity contribution in [2.75, 3.05) is 0 Å². The van der Waals surface area contributed by atoms with Crippen LogP contribution in [0.1, 0.15) is 32.5 Å². The average molecular weight is 279 g/mol. The Balaban J connectivity index is 2.34. The number of aromatic nitrogens is 2. The van der Waals surface area contributed by atoms with Crippen LogP contribution in [0, 0.1) is 0 Å². The van der Waals surface area contributed by atoms with E-state index in [1.807, 2.05) is 36.4 Å². The molecule has 0 amide bonds. The zero-order chi connectivity index (χ0) is 14.9. The summed E-state index contributed by atoms with van der Waals surface area (Å²) in [6, 6.07) is 18.5. The molecular formula is C18H21N3. The zero-order valence-electron chi connectivity index (χ0n) is 12.6. The highest BCUT2D eigenvalue weighted by Gasteiger charge is 2.30. The lowest BCUT2D eigenvalue weighted by Crippen LogP contribution is -2.38.